The summed E-state index contributed by atoms with van der Waals surface area (Å²) in [5.74, 6) is 0.866. The number of benzene rings is 1. The molecule has 0 bridgehead atoms. The number of carbonyl (C=O) groups is 1. The average Bonchev–Trinajstić information content (AvgIpc) is 3.53. The summed E-state index contributed by atoms with van der Waals surface area (Å²) < 4.78 is 0. The Morgan fingerprint density at radius 2 is 2.00 bits per heavy atom. The van der Waals surface area contributed by atoms with Crippen molar-refractivity contribution in [2.45, 2.75) is 33.2 Å². The second-order valence-corrected chi connectivity index (χ2v) is 10.6. The van der Waals surface area contributed by atoms with Gasteiger partial charge in [-0.2, -0.15) is 0 Å². The van der Waals surface area contributed by atoms with Gasteiger partial charge in [-0.3, -0.25) is 4.79 Å². The summed E-state index contributed by atoms with van der Waals surface area (Å²) in [4.78, 5) is 22.1. The maximum Gasteiger partial charge on any atom is 0.225 e. The number of carbonyl (C=O) groups excluding carboxylic acids is 1. The third kappa shape index (κ3) is 4.88. The lowest BCUT2D eigenvalue weighted by molar-refractivity contribution is -0.125. The van der Waals surface area contributed by atoms with Crippen LogP contribution in [0, 0.1) is 19.8 Å². The van der Waals surface area contributed by atoms with Crippen molar-refractivity contribution < 1.29 is 4.79 Å². The van der Waals surface area contributed by atoms with E-state index in [1.807, 2.05) is 37.3 Å². The summed E-state index contributed by atoms with van der Waals surface area (Å²) in [6.07, 6.45) is 1.85. The maximum atomic E-state index is 13.0. The largest absolute Gasteiger partial charge is 0.354 e. The number of rotatable bonds is 6. The Balaban J connectivity index is 1.21. The molecule has 1 fully saturated rings. The Morgan fingerprint density at radius 3 is 2.76 bits per heavy atom. The molecule has 0 aliphatic carbocycles. The van der Waals surface area contributed by atoms with Crippen molar-refractivity contribution in [1.29, 1.82) is 0 Å². The van der Waals surface area contributed by atoms with Crippen LogP contribution in [-0.2, 0) is 11.3 Å². The van der Waals surface area contributed by atoms with Gasteiger partial charge >= 0.3 is 0 Å². The molecule has 1 amide bonds. The van der Waals surface area contributed by atoms with E-state index >= 15 is 0 Å². The molecule has 34 heavy (non-hydrogen) atoms. The minimum Gasteiger partial charge on any atom is -0.354 e. The quantitative estimate of drug-likeness (QED) is 0.388. The SMILES string of the molecule is Cc1ccccc1-c1ccc(N2CCCC(C(=O)NCc3sc(-c4cccs4)nc3C)C2)nn1. The summed E-state index contributed by atoms with van der Waals surface area (Å²) in [6.45, 7) is 6.16. The normalized spacial score (nSPS) is 15.9. The third-order valence-corrected chi connectivity index (χ3v) is 8.43. The zero-order valence-electron chi connectivity index (χ0n) is 19.3. The van der Waals surface area contributed by atoms with E-state index in [0.717, 1.165) is 52.0 Å². The van der Waals surface area contributed by atoms with Crippen LogP contribution in [0.1, 0.15) is 29.0 Å². The Labute approximate surface area is 207 Å². The van der Waals surface area contributed by atoms with Gasteiger partial charge in [0, 0.05) is 23.5 Å². The molecule has 4 heterocycles. The van der Waals surface area contributed by atoms with Crippen LogP contribution in [0.3, 0.4) is 0 Å². The number of amides is 1. The van der Waals surface area contributed by atoms with E-state index < -0.39 is 0 Å². The van der Waals surface area contributed by atoms with E-state index in [1.165, 1.54) is 10.4 Å². The molecule has 3 aromatic heterocycles. The number of nitrogens with one attached hydrogen (secondary N) is 1. The first-order valence-electron chi connectivity index (χ1n) is 11.5. The molecule has 1 saturated heterocycles. The topological polar surface area (TPSA) is 71.0 Å². The minimum absolute atomic E-state index is 0.0587. The van der Waals surface area contributed by atoms with E-state index in [4.69, 9.17) is 0 Å². The second kappa shape index (κ2) is 10.0. The predicted octanol–water partition coefficient (Wildman–Crippen LogP) is 5.48. The number of nitrogens with zero attached hydrogens (tertiary/aromatic N) is 4. The Hall–Kier alpha value is -3.10. The number of hydrogen-bond donors (Lipinski definition) is 1. The Bertz CT molecular complexity index is 1270. The lowest BCUT2D eigenvalue weighted by Crippen LogP contribution is -2.43. The van der Waals surface area contributed by atoms with Crippen molar-refractivity contribution in [3.63, 3.8) is 0 Å². The molecule has 0 saturated carbocycles. The molecular weight excluding hydrogens is 462 g/mol. The molecule has 1 aliphatic rings. The molecule has 174 valence electrons. The number of piperidine rings is 1. The van der Waals surface area contributed by atoms with Gasteiger partial charge in [0.05, 0.1) is 28.7 Å². The van der Waals surface area contributed by atoms with Crippen LogP contribution < -0.4 is 10.2 Å². The van der Waals surface area contributed by atoms with E-state index in [2.05, 4.69) is 55.9 Å². The van der Waals surface area contributed by atoms with Gasteiger partial charge in [-0.1, -0.05) is 30.3 Å². The molecule has 1 aliphatic heterocycles. The van der Waals surface area contributed by atoms with E-state index in [1.54, 1.807) is 22.7 Å². The van der Waals surface area contributed by atoms with Gasteiger partial charge in [0.25, 0.3) is 0 Å². The zero-order chi connectivity index (χ0) is 23.5. The molecule has 6 nitrogen and oxygen atoms in total. The fraction of sp³-hybridized carbons (Fsp3) is 0.308. The summed E-state index contributed by atoms with van der Waals surface area (Å²) in [7, 11) is 0. The molecule has 1 N–H and O–H groups in total. The standard InChI is InChI=1S/C26H27N5OS2/c1-17-7-3-4-9-20(17)21-11-12-24(30-29-21)31-13-5-8-19(16-31)25(32)27-15-23-18(2)28-26(34-23)22-10-6-14-33-22/h3-4,6-7,9-12,14,19H,5,8,13,15-16H2,1-2H3,(H,27,32). The van der Waals surface area contributed by atoms with Crippen LogP contribution in [0.15, 0.2) is 53.9 Å². The summed E-state index contributed by atoms with van der Waals surface area (Å²) in [5.41, 5.74) is 4.13. The smallest absolute Gasteiger partial charge is 0.225 e. The van der Waals surface area contributed by atoms with Crippen molar-refractivity contribution >= 4 is 34.4 Å². The number of thiazole rings is 1. The van der Waals surface area contributed by atoms with Crippen molar-refractivity contribution in [1.82, 2.24) is 20.5 Å². The van der Waals surface area contributed by atoms with Gasteiger partial charge < -0.3 is 10.2 Å². The van der Waals surface area contributed by atoms with Crippen LogP contribution >= 0.6 is 22.7 Å². The molecule has 8 heteroatoms. The molecule has 1 atom stereocenters. The monoisotopic (exact) mass is 489 g/mol. The Kier molecular flexibility index (Phi) is 6.69. The van der Waals surface area contributed by atoms with Crippen molar-refractivity contribution in [2.24, 2.45) is 5.92 Å². The van der Waals surface area contributed by atoms with Crippen LogP contribution in [0.5, 0.6) is 0 Å². The fourth-order valence-electron chi connectivity index (χ4n) is 4.31. The zero-order valence-corrected chi connectivity index (χ0v) is 21.0. The fourth-order valence-corrected chi connectivity index (χ4v) is 6.11. The molecule has 0 spiro atoms. The summed E-state index contributed by atoms with van der Waals surface area (Å²) in [5, 5.41) is 15.2. The van der Waals surface area contributed by atoms with Crippen molar-refractivity contribution in [3.8, 4) is 21.1 Å². The van der Waals surface area contributed by atoms with Gasteiger partial charge in [0.2, 0.25) is 5.91 Å². The van der Waals surface area contributed by atoms with Crippen LogP contribution in [-0.4, -0.2) is 34.2 Å². The van der Waals surface area contributed by atoms with Gasteiger partial charge in [-0.15, -0.1) is 32.9 Å². The van der Waals surface area contributed by atoms with Crippen LogP contribution in [0.2, 0.25) is 0 Å². The number of thiophene rings is 1. The maximum absolute atomic E-state index is 13.0. The van der Waals surface area contributed by atoms with Gasteiger partial charge in [0.1, 0.15) is 5.01 Å². The highest BCUT2D eigenvalue weighted by Gasteiger charge is 2.27. The highest BCUT2D eigenvalue weighted by atomic mass is 32.1. The highest BCUT2D eigenvalue weighted by molar-refractivity contribution is 7.21. The molecule has 1 unspecified atom stereocenters. The van der Waals surface area contributed by atoms with Gasteiger partial charge in [-0.05, 0) is 55.8 Å². The van der Waals surface area contributed by atoms with Crippen LogP contribution in [0.4, 0.5) is 5.82 Å². The first kappa shape index (κ1) is 22.7. The highest BCUT2D eigenvalue weighted by Crippen LogP contribution is 2.31. The molecule has 5 rings (SSSR count). The number of hydrogen-bond acceptors (Lipinski definition) is 7. The second-order valence-electron chi connectivity index (χ2n) is 8.60. The minimum atomic E-state index is -0.0587. The lowest BCUT2D eigenvalue weighted by Gasteiger charge is -2.32. The molecule has 4 aromatic rings. The Morgan fingerprint density at radius 1 is 1.12 bits per heavy atom. The molecule has 0 radical (unpaired) electrons. The summed E-state index contributed by atoms with van der Waals surface area (Å²) in [6, 6.07) is 16.3. The molecule has 1 aromatic carbocycles. The van der Waals surface area contributed by atoms with Crippen molar-refractivity contribution in [3.05, 3.63) is 70.0 Å². The van der Waals surface area contributed by atoms with E-state index in [0.29, 0.717) is 13.1 Å². The van der Waals surface area contributed by atoms with Gasteiger partial charge in [-0.25, -0.2) is 4.98 Å². The third-order valence-electron chi connectivity index (χ3n) is 6.24. The van der Waals surface area contributed by atoms with Gasteiger partial charge in [0.15, 0.2) is 5.82 Å². The van der Waals surface area contributed by atoms with Crippen LogP contribution in [0.25, 0.3) is 21.1 Å². The number of aromatic nitrogens is 3. The predicted molar refractivity (Wildman–Crippen MR) is 139 cm³/mol. The van der Waals surface area contributed by atoms with E-state index in [9.17, 15) is 4.79 Å². The first-order valence-corrected chi connectivity index (χ1v) is 13.2. The first-order chi connectivity index (χ1) is 16.6. The van der Waals surface area contributed by atoms with E-state index in [-0.39, 0.29) is 11.8 Å². The average molecular weight is 490 g/mol. The molecular formula is C26H27N5OS2. The summed E-state index contributed by atoms with van der Waals surface area (Å²) >= 11 is 3.35. The lowest BCUT2D eigenvalue weighted by atomic mass is 9.97. The number of aryl methyl sites for hydroxylation is 2. The number of anilines is 1. The van der Waals surface area contributed by atoms with Crippen molar-refractivity contribution in [2.75, 3.05) is 18.0 Å².